The zero-order chi connectivity index (χ0) is 15.3. The summed E-state index contributed by atoms with van der Waals surface area (Å²) in [5, 5.41) is 0. The van der Waals surface area contributed by atoms with Gasteiger partial charge in [0.05, 0.1) is 6.04 Å². The SMILES string of the molecule is CC(C)(C)OC(=O)N1C[C@H]2C[C@@]2(CN)[C@@H]1c1ccccc1. The molecule has 3 atom stereocenters. The maximum Gasteiger partial charge on any atom is 0.410 e. The Kier molecular flexibility index (Phi) is 3.24. The number of hydrogen-bond donors (Lipinski definition) is 1. The molecule has 1 saturated heterocycles. The number of amides is 1. The highest BCUT2D eigenvalue weighted by Crippen LogP contribution is 2.66. The summed E-state index contributed by atoms with van der Waals surface area (Å²) in [7, 11) is 0. The van der Waals surface area contributed by atoms with Gasteiger partial charge in [-0.2, -0.15) is 0 Å². The van der Waals surface area contributed by atoms with Gasteiger partial charge in [0.1, 0.15) is 5.60 Å². The van der Waals surface area contributed by atoms with Crippen LogP contribution in [0.4, 0.5) is 4.79 Å². The van der Waals surface area contributed by atoms with Gasteiger partial charge in [-0.25, -0.2) is 4.79 Å². The molecule has 0 unspecified atom stereocenters. The number of rotatable bonds is 2. The monoisotopic (exact) mass is 288 g/mol. The summed E-state index contributed by atoms with van der Waals surface area (Å²) in [5.74, 6) is 0.514. The summed E-state index contributed by atoms with van der Waals surface area (Å²) < 4.78 is 5.58. The smallest absolute Gasteiger partial charge is 0.410 e. The van der Waals surface area contributed by atoms with Crippen LogP contribution in [0.15, 0.2) is 30.3 Å². The van der Waals surface area contributed by atoms with Crippen molar-refractivity contribution >= 4 is 6.09 Å². The van der Waals surface area contributed by atoms with Gasteiger partial charge >= 0.3 is 6.09 Å². The van der Waals surface area contributed by atoms with E-state index in [2.05, 4.69) is 12.1 Å². The van der Waals surface area contributed by atoms with E-state index in [1.165, 1.54) is 0 Å². The molecule has 2 N–H and O–H groups in total. The Labute approximate surface area is 126 Å². The summed E-state index contributed by atoms with van der Waals surface area (Å²) in [4.78, 5) is 14.4. The second-order valence-electron chi connectivity index (χ2n) is 7.28. The number of nitrogens with zero attached hydrogens (tertiary/aromatic N) is 1. The minimum atomic E-state index is -0.471. The number of benzene rings is 1. The van der Waals surface area contributed by atoms with Crippen molar-refractivity contribution < 1.29 is 9.53 Å². The molecule has 0 radical (unpaired) electrons. The number of fused-ring (bicyclic) bond motifs is 1. The van der Waals surface area contributed by atoms with Crippen molar-refractivity contribution in [3.05, 3.63) is 35.9 Å². The summed E-state index contributed by atoms with van der Waals surface area (Å²) in [6.07, 6.45) is 0.888. The van der Waals surface area contributed by atoms with Crippen LogP contribution in [-0.4, -0.2) is 29.7 Å². The fourth-order valence-electron chi connectivity index (χ4n) is 3.64. The molecule has 0 aromatic heterocycles. The highest BCUT2D eigenvalue weighted by molar-refractivity contribution is 5.70. The molecule has 2 fully saturated rings. The van der Waals surface area contributed by atoms with E-state index in [4.69, 9.17) is 10.5 Å². The summed E-state index contributed by atoms with van der Waals surface area (Å²) in [5.41, 5.74) is 6.79. The number of carbonyl (C=O) groups is 1. The Morgan fingerprint density at radius 3 is 2.62 bits per heavy atom. The third-order valence-corrected chi connectivity index (χ3v) is 4.68. The second-order valence-corrected chi connectivity index (χ2v) is 7.28. The Morgan fingerprint density at radius 2 is 2.05 bits per heavy atom. The van der Waals surface area contributed by atoms with E-state index < -0.39 is 5.60 Å². The van der Waals surface area contributed by atoms with Crippen molar-refractivity contribution in [3.8, 4) is 0 Å². The maximum absolute atomic E-state index is 12.5. The van der Waals surface area contributed by atoms with Crippen LogP contribution in [0, 0.1) is 11.3 Å². The number of nitrogens with two attached hydrogens (primary N) is 1. The molecular weight excluding hydrogens is 264 g/mol. The first kappa shape index (κ1) is 14.4. The van der Waals surface area contributed by atoms with E-state index in [9.17, 15) is 4.79 Å². The summed E-state index contributed by atoms with van der Waals surface area (Å²) in [6.45, 7) is 7.08. The third-order valence-electron chi connectivity index (χ3n) is 4.68. The third kappa shape index (κ3) is 2.42. The van der Waals surface area contributed by atoms with Crippen LogP contribution < -0.4 is 5.73 Å². The normalized spacial score (nSPS) is 31.0. The average molecular weight is 288 g/mol. The fraction of sp³-hybridized carbons (Fsp3) is 0.588. The van der Waals surface area contributed by atoms with Crippen molar-refractivity contribution in [3.63, 3.8) is 0 Å². The lowest BCUT2D eigenvalue weighted by Crippen LogP contribution is -2.40. The van der Waals surface area contributed by atoms with Gasteiger partial charge in [-0.05, 0) is 38.7 Å². The maximum atomic E-state index is 12.5. The van der Waals surface area contributed by atoms with Gasteiger partial charge in [0, 0.05) is 18.5 Å². The molecule has 1 aliphatic heterocycles. The van der Waals surface area contributed by atoms with Gasteiger partial charge < -0.3 is 15.4 Å². The van der Waals surface area contributed by atoms with Crippen LogP contribution in [-0.2, 0) is 4.74 Å². The predicted octanol–water partition coefficient (Wildman–Crippen LogP) is 2.94. The molecule has 4 nitrogen and oxygen atoms in total. The molecule has 1 aromatic rings. The Bertz CT molecular complexity index is 533. The number of piperidine rings is 1. The van der Waals surface area contributed by atoms with Crippen molar-refractivity contribution in [2.75, 3.05) is 13.1 Å². The topological polar surface area (TPSA) is 55.6 Å². The molecule has 0 spiro atoms. The van der Waals surface area contributed by atoms with Crippen LogP contribution >= 0.6 is 0 Å². The first-order valence-corrected chi connectivity index (χ1v) is 7.62. The van der Waals surface area contributed by atoms with Crippen molar-refractivity contribution in [2.24, 2.45) is 17.1 Å². The molecule has 114 valence electrons. The van der Waals surface area contributed by atoms with Crippen molar-refractivity contribution in [1.82, 2.24) is 4.90 Å². The van der Waals surface area contributed by atoms with E-state index in [-0.39, 0.29) is 17.6 Å². The molecule has 1 heterocycles. The molecule has 21 heavy (non-hydrogen) atoms. The lowest BCUT2D eigenvalue weighted by molar-refractivity contribution is 0.0161. The molecule has 0 bridgehead atoms. The van der Waals surface area contributed by atoms with Crippen LogP contribution in [0.1, 0.15) is 38.8 Å². The zero-order valence-electron chi connectivity index (χ0n) is 13.0. The van der Waals surface area contributed by atoms with E-state index >= 15 is 0 Å². The van der Waals surface area contributed by atoms with Gasteiger partial charge in [-0.1, -0.05) is 30.3 Å². The highest BCUT2D eigenvalue weighted by atomic mass is 16.6. The fourth-order valence-corrected chi connectivity index (χ4v) is 3.64. The van der Waals surface area contributed by atoms with Gasteiger partial charge in [0.15, 0.2) is 0 Å². The van der Waals surface area contributed by atoms with E-state index in [0.717, 1.165) is 18.5 Å². The predicted molar refractivity (Wildman–Crippen MR) is 81.7 cm³/mol. The molecular formula is C17H24N2O2. The van der Waals surface area contributed by atoms with Crippen LogP contribution in [0.5, 0.6) is 0 Å². The van der Waals surface area contributed by atoms with E-state index in [0.29, 0.717) is 12.5 Å². The lowest BCUT2D eigenvalue weighted by Gasteiger charge is -2.33. The Morgan fingerprint density at radius 1 is 1.38 bits per heavy atom. The molecule has 2 aliphatic rings. The number of ether oxygens (including phenoxy) is 1. The van der Waals surface area contributed by atoms with Crippen LogP contribution in [0.3, 0.4) is 0 Å². The molecule has 1 amide bonds. The number of carbonyl (C=O) groups excluding carboxylic acids is 1. The first-order chi connectivity index (χ1) is 9.87. The molecule has 1 saturated carbocycles. The largest absolute Gasteiger partial charge is 0.444 e. The molecule has 3 rings (SSSR count). The van der Waals surface area contributed by atoms with E-state index in [1.54, 1.807) is 0 Å². The molecule has 1 aromatic carbocycles. The lowest BCUT2D eigenvalue weighted by atomic mass is 9.90. The number of hydrogen-bond acceptors (Lipinski definition) is 3. The minimum absolute atomic E-state index is 0.0450. The second kappa shape index (κ2) is 4.73. The van der Waals surface area contributed by atoms with Gasteiger partial charge in [0.2, 0.25) is 0 Å². The summed E-state index contributed by atoms with van der Waals surface area (Å²) >= 11 is 0. The van der Waals surface area contributed by atoms with Gasteiger partial charge in [-0.3, -0.25) is 0 Å². The van der Waals surface area contributed by atoms with E-state index in [1.807, 2.05) is 43.9 Å². The van der Waals surface area contributed by atoms with Crippen LogP contribution in [0.2, 0.25) is 0 Å². The van der Waals surface area contributed by atoms with Crippen molar-refractivity contribution in [2.45, 2.75) is 38.8 Å². The average Bonchev–Trinajstić information content (AvgIpc) is 3.03. The summed E-state index contributed by atoms with van der Waals surface area (Å²) in [6, 6.07) is 10.2. The molecule has 1 aliphatic carbocycles. The Hall–Kier alpha value is -1.55. The zero-order valence-corrected chi connectivity index (χ0v) is 13.0. The van der Waals surface area contributed by atoms with Crippen molar-refractivity contribution in [1.29, 1.82) is 0 Å². The first-order valence-electron chi connectivity index (χ1n) is 7.62. The Balaban J connectivity index is 1.89. The minimum Gasteiger partial charge on any atom is -0.444 e. The van der Waals surface area contributed by atoms with Gasteiger partial charge in [-0.15, -0.1) is 0 Å². The number of likely N-dealkylation sites (tertiary alicyclic amines) is 1. The molecule has 4 heteroatoms. The quantitative estimate of drug-likeness (QED) is 0.910. The standard InChI is InChI=1S/C17H24N2O2/c1-16(2,3)21-15(20)19-10-13-9-17(13,11-18)14(19)12-7-5-4-6-8-12/h4-8,13-14H,9-11,18H2,1-3H3/t13-,14+,17+/m1/s1. The highest BCUT2D eigenvalue weighted by Gasteiger charge is 2.66. The van der Waals surface area contributed by atoms with Crippen LogP contribution in [0.25, 0.3) is 0 Å². The van der Waals surface area contributed by atoms with Gasteiger partial charge in [0.25, 0.3) is 0 Å².